The highest BCUT2D eigenvalue weighted by molar-refractivity contribution is 7.22. The van der Waals surface area contributed by atoms with Crippen molar-refractivity contribution in [3.63, 3.8) is 0 Å². The summed E-state index contributed by atoms with van der Waals surface area (Å²) in [6.45, 7) is 4.36. The van der Waals surface area contributed by atoms with Crippen molar-refractivity contribution in [2.45, 2.75) is 45.4 Å². The molecule has 0 spiro atoms. The maximum atomic E-state index is 14.3. The molecular formula is C26H27FN4O6S. The molecule has 12 heteroatoms. The number of fused-ring (bicyclic) bond motifs is 1. The van der Waals surface area contributed by atoms with Crippen LogP contribution in [0.25, 0.3) is 21.0 Å². The van der Waals surface area contributed by atoms with Crippen LogP contribution in [-0.2, 0) is 16.1 Å². The van der Waals surface area contributed by atoms with Gasteiger partial charge in [-0.25, -0.2) is 18.7 Å². The number of ether oxygens (including phenoxy) is 2. The summed E-state index contributed by atoms with van der Waals surface area (Å²) in [6, 6.07) is 3.17. The van der Waals surface area contributed by atoms with Gasteiger partial charge in [0.1, 0.15) is 34.8 Å². The maximum Gasteiger partial charge on any atom is 0.332 e. The number of nitrogens with zero attached hydrogens (tertiary/aromatic N) is 3. The highest BCUT2D eigenvalue weighted by Crippen LogP contribution is 2.37. The first-order valence-corrected chi connectivity index (χ1v) is 13.1. The Balaban J connectivity index is 1.76. The minimum Gasteiger partial charge on any atom is -0.496 e. The fourth-order valence-electron chi connectivity index (χ4n) is 4.79. The van der Waals surface area contributed by atoms with Gasteiger partial charge in [0.25, 0.3) is 5.56 Å². The number of carbonyl (C=O) groups is 1. The van der Waals surface area contributed by atoms with Crippen molar-refractivity contribution in [1.82, 2.24) is 19.4 Å². The molecule has 0 radical (unpaired) electrons. The van der Waals surface area contributed by atoms with Gasteiger partial charge in [-0.05, 0) is 43.5 Å². The molecule has 1 amide bonds. The predicted molar refractivity (Wildman–Crippen MR) is 139 cm³/mol. The Hall–Kier alpha value is -3.77. The quantitative estimate of drug-likeness (QED) is 0.344. The molecule has 1 saturated heterocycles. The van der Waals surface area contributed by atoms with E-state index in [0.717, 1.165) is 4.57 Å². The van der Waals surface area contributed by atoms with Crippen LogP contribution in [0, 0.1) is 12.7 Å². The fraction of sp³-hybridized carbons (Fsp3) is 0.385. The summed E-state index contributed by atoms with van der Waals surface area (Å²) in [7, 11) is 1.47. The fourth-order valence-corrected chi connectivity index (χ4v) is 6.03. The monoisotopic (exact) mass is 542 g/mol. The molecule has 10 nitrogen and oxygen atoms in total. The van der Waals surface area contributed by atoms with Crippen LogP contribution in [-0.4, -0.2) is 40.3 Å². The lowest BCUT2D eigenvalue weighted by atomic mass is 10.1. The Labute approximate surface area is 220 Å². The highest BCUT2D eigenvalue weighted by atomic mass is 32.1. The molecule has 2 atom stereocenters. The molecule has 200 valence electrons. The number of thiophene rings is 1. The molecule has 1 aliphatic rings. The lowest BCUT2D eigenvalue weighted by Crippen LogP contribution is -2.44. The molecule has 0 unspecified atom stereocenters. The van der Waals surface area contributed by atoms with Gasteiger partial charge in [0.05, 0.1) is 30.1 Å². The number of rotatable bonds is 9. The molecule has 1 aliphatic heterocycles. The van der Waals surface area contributed by atoms with Crippen LogP contribution in [0.3, 0.4) is 0 Å². The zero-order chi connectivity index (χ0) is 27.0. The molecule has 0 saturated carbocycles. The van der Waals surface area contributed by atoms with Gasteiger partial charge in [-0.3, -0.25) is 14.2 Å². The summed E-state index contributed by atoms with van der Waals surface area (Å²) >= 11 is 1.19. The van der Waals surface area contributed by atoms with Crippen molar-refractivity contribution in [3.05, 3.63) is 68.4 Å². The molecule has 4 aromatic rings. The van der Waals surface area contributed by atoms with Crippen molar-refractivity contribution < 1.29 is 23.1 Å². The standard InChI is InChI=1S/C26H27FN4O6S/c1-4-10-36-19(16-12-15(27)5-6-18(16)35-3)13-30-25-20(14(2)21(38-25)23-29-9-11-37-23)24(33)31(26(30)34)17-7-8-28-22(17)32/h5-6,9,11-12,17,19H,4,7-8,10,13H2,1-3H3,(H,28,32)/t17-,19-/m0/s1. The number of benzene rings is 1. The average molecular weight is 543 g/mol. The van der Waals surface area contributed by atoms with Crippen LogP contribution in [0.2, 0.25) is 0 Å². The van der Waals surface area contributed by atoms with Crippen LogP contribution in [0.5, 0.6) is 5.75 Å². The number of hydrogen-bond donors (Lipinski definition) is 1. The van der Waals surface area contributed by atoms with Gasteiger partial charge >= 0.3 is 5.69 Å². The third kappa shape index (κ3) is 4.43. The summed E-state index contributed by atoms with van der Waals surface area (Å²) in [5.74, 6) is -0.142. The Morgan fingerprint density at radius 2 is 2.13 bits per heavy atom. The Kier molecular flexibility index (Phi) is 7.17. The minimum atomic E-state index is -0.936. The van der Waals surface area contributed by atoms with E-state index in [4.69, 9.17) is 13.9 Å². The van der Waals surface area contributed by atoms with E-state index in [9.17, 15) is 18.8 Å². The van der Waals surface area contributed by atoms with Gasteiger partial charge < -0.3 is 19.2 Å². The minimum absolute atomic E-state index is 0.0469. The summed E-state index contributed by atoms with van der Waals surface area (Å²) in [4.78, 5) is 45.5. The molecule has 0 aliphatic carbocycles. The SMILES string of the molecule is CCCO[C@@H](Cn1c(=O)n([C@H]2CCNC2=O)c(=O)c2c(C)c(-c3ncco3)sc21)c1cc(F)ccc1OC. The summed E-state index contributed by atoms with van der Waals surface area (Å²) in [5, 5.41) is 2.99. The zero-order valence-corrected chi connectivity index (χ0v) is 22.0. The van der Waals surface area contributed by atoms with Crippen molar-refractivity contribution in [2.24, 2.45) is 0 Å². The second-order valence-electron chi connectivity index (χ2n) is 8.98. The Morgan fingerprint density at radius 3 is 2.79 bits per heavy atom. The summed E-state index contributed by atoms with van der Waals surface area (Å²) in [5.41, 5.74) is -0.180. The van der Waals surface area contributed by atoms with E-state index in [1.807, 2.05) is 6.92 Å². The lowest BCUT2D eigenvalue weighted by molar-refractivity contribution is -0.122. The number of amides is 1. The third-order valence-corrected chi connectivity index (χ3v) is 7.91. The predicted octanol–water partition coefficient (Wildman–Crippen LogP) is 3.56. The van der Waals surface area contributed by atoms with E-state index in [1.165, 1.54) is 53.7 Å². The van der Waals surface area contributed by atoms with Gasteiger partial charge in [0.15, 0.2) is 0 Å². The van der Waals surface area contributed by atoms with E-state index in [1.54, 1.807) is 6.92 Å². The van der Waals surface area contributed by atoms with E-state index >= 15 is 0 Å². The summed E-state index contributed by atoms with van der Waals surface area (Å²) in [6.07, 6.45) is 3.14. The normalized spacial score (nSPS) is 16.2. The molecule has 1 aromatic carbocycles. The van der Waals surface area contributed by atoms with Crippen molar-refractivity contribution >= 4 is 27.5 Å². The number of halogens is 1. The number of hydrogen-bond acceptors (Lipinski definition) is 8. The Morgan fingerprint density at radius 1 is 1.32 bits per heavy atom. The number of aryl methyl sites for hydroxylation is 1. The Bertz CT molecular complexity index is 1610. The van der Waals surface area contributed by atoms with E-state index in [0.29, 0.717) is 63.9 Å². The van der Waals surface area contributed by atoms with Crippen LogP contribution in [0.15, 0.2) is 44.7 Å². The maximum absolute atomic E-state index is 14.3. The number of oxazole rings is 1. The van der Waals surface area contributed by atoms with Gasteiger partial charge in [0, 0.05) is 18.7 Å². The van der Waals surface area contributed by atoms with Crippen LogP contribution < -0.4 is 21.3 Å². The van der Waals surface area contributed by atoms with Crippen LogP contribution in [0.1, 0.15) is 43.0 Å². The van der Waals surface area contributed by atoms with Gasteiger partial charge in [-0.15, -0.1) is 11.3 Å². The lowest BCUT2D eigenvalue weighted by Gasteiger charge is -2.23. The number of methoxy groups -OCH3 is 1. The van der Waals surface area contributed by atoms with E-state index in [-0.39, 0.29) is 12.5 Å². The number of aromatic nitrogens is 3. The summed E-state index contributed by atoms with van der Waals surface area (Å²) < 4.78 is 33.8. The average Bonchev–Trinajstić information content (AvgIpc) is 3.65. The first-order valence-electron chi connectivity index (χ1n) is 12.3. The largest absolute Gasteiger partial charge is 0.496 e. The van der Waals surface area contributed by atoms with Crippen molar-refractivity contribution in [2.75, 3.05) is 20.3 Å². The molecule has 38 heavy (non-hydrogen) atoms. The molecule has 4 heterocycles. The zero-order valence-electron chi connectivity index (χ0n) is 21.2. The third-order valence-electron chi connectivity index (χ3n) is 6.61. The molecule has 0 bridgehead atoms. The molecule has 3 aromatic heterocycles. The van der Waals surface area contributed by atoms with Crippen molar-refractivity contribution in [3.8, 4) is 16.5 Å². The molecule has 1 fully saturated rings. The number of nitrogens with one attached hydrogen (secondary N) is 1. The topological polar surface area (TPSA) is 118 Å². The highest BCUT2D eigenvalue weighted by Gasteiger charge is 2.33. The molecular weight excluding hydrogens is 515 g/mol. The second kappa shape index (κ2) is 10.5. The smallest absolute Gasteiger partial charge is 0.332 e. The van der Waals surface area contributed by atoms with Crippen LogP contribution >= 0.6 is 11.3 Å². The van der Waals surface area contributed by atoms with Crippen LogP contribution in [0.4, 0.5) is 4.39 Å². The van der Waals surface area contributed by atoms with E-state index < -0.39 is 29.2 Å². The first-order chi connectivity index (χ1) is 18.3. The number of carbonyl (C=O) groups excluding carboxylic acids is 1. The van der Waals surface area contributed by atoms with Gasteiger partial charge in [-0.1, -0.05) is 6.92 Å². The van der Waals surface area contributed by atoms with E-state index in [2.05, 4.69) is 10.3 Å². The van der Waals surface area contributed by atoms with Gasteiger partial charge in [-0.2, -0.15) is 0 Å². The molecule has 5 rings (SSSR count). The first kappa shape index (κ1) is 25.9. The molecule has 1 N–H and O–H groups in total. The second-order valence-corrected chi connectivity index (χ2v) is 9.98. The van der Waals surface area contributed by atoms with Crippen molar-refractivity contribution in [1.29, 1.82) is 0 Å². The van der Waals surface area contributed by atoms with Gasteiger partial charge in [0.2, 0.25) is 11.8 Å².